The molecule has 19 heavy (non-hydrogen) atoms. The molecule has 0 aliphatic rings. The van der Waals surface area contributed by atoms with Gasteiger partial charge in [0.15, 0.2) is 5.82 Å². The van der Waals surface area contributed by atoms with Gasteiger partial charge in [-0.15, -0.1) is 0 Å². The van der Waals surface area contributed by atoms with Crippen molar-refractivity contribution in [3.8, 4) is 5.88 Å². The Kier molecular flexibility index (Phi) is 4.27. The minimum Gasteiger partial charge on any atom is -0.481 e. The quantitative estimate of drug-likeness (QED) is 0.940. The lowest BCUT2D eigenvalue weighted by atomic mass is 10.2. The zero-order valence-corrected chi connectivity index (χ0v) is 12.5. The first kappa shape index (κ1) is 13.7. The molecule has 0 radical (unpaired) electrons. The molecule has 0 bridgehead atoms. The van der Waals surface area contributed by atoms with Gasteiger partial charge in [0.2, 0.25) is 5.88 Å². The summed E-state index contributed by atoms with van der Waals surface area (Å²) in [4.78, 5) is 6.38. The van der Waals surface area contributed by atoms with Crippen molar-refractivity contribution in [2.24, 2.45) is 0 Å². The first-order valence-electron chi connectivity index (χ1n) is 5.87. The van der Waals surface area contributed by atoms with Crippen molar-refractivity contribution in [3.05, 3.63) is 46.4 Å². The van der Waals surface area contributed by atoms with E-state index in [1.807, 2.05) is 30.1 Å². The maximum Gasteiger partial charge on any atom is 0.215 e. The highest BCUT2D eigenvalue weighted by Crippen LogP contribution is 2.25. The molecule has 5 heteroatoms. The zero-order chi connectivity index (χ0) is 13.8. The van der Waals surface area contributed by atoms with Gasteiger partial charge in [0.1, 0.15) is 0 Å². The third-order valence-electron chi connectivity index (χ3n) is 2.82. The molecule has 2 aromatic rings. The second-order valence-corrected chi connectivity index (χ2v) is 5.07. The summed E-state index contributed by atoms with van der Waals surface area (Å²) in [5.41, 5.74) is 7.77. The highest BCUT2D eigenvalue weighted by Gasteiger charge is 2.10. The summed E-state index contributed by atoms with van der Waals surface area (Å²) in [7, 11) is 3.55. The minimum atomic E-state index is 0.558. The lowest BCUT2D eigenvalue weighted by molar-refractivity contribution is 0.398. The van der Waals surface area contributed by atoms with Gasteiger partial charge in [-0.25, -0.2) is 0 Å². The van der Waals surface area contributed by atoms with Gasteiger partial charge in [0, 0.05) is 24.1 Å². The number of nitrogens with two attached hydrogens (primary N) is 1. The van der Waals surface area contributed by atoms with E-state index in [0.29, 0.717) is 18.1 Å². The van der Waals surface area contributed by atoms with Gasteiger partial charge < -0.3 is 15.4 Å². The van der Waals surface area contributed by atoms with Crippen LogP contribution in [0.2, 0.25) is 0 Å². The van der Waals surface area contributed by atoms with Crippen molar-refractivity contribution < 1.29 is 4.74 Å². The van der Waals surface area contributed by atoms with Gasteiger partial charge in [0.05, 0.1) is 12.8 Å². The van der Waals surface area contributed by atoms with E-state index in [1.54, 1.807) is 19.2 Å². The normalized spacial score (nSPS) is 10.3. The van der Waals surface area contributed by atoms with E-state index in [4.69, 9.17) is 10.5 Å². The summed E-state index contributed by atoms with van der Waals surface area (Å²) in [5, 5.41) is 0. The molecular formula is C14H16BrN3O. The van der Waals surface area contributed by atoms with Crippen molar-refractivity contribution in [3.63, 3.8) is 0 Å². The largest absolute Gasteiger partial charge is 0.481 e. The molecule has 0 aliphatic carbocycles. The number of methoxy groups -OCH3 is 1. The molecule has 1 aromatic heterocycles. The number of hydrogen-bond donors (Lipinski definition) is 1. The smallest absolute Gasteiger partial charge is 0.215 e. The Morgan fingerprint density at radius 3 is 2.68 bits per heavy atom. The van der Waals surface area contributed by atoms with Crippen LogP contribution in [0.25, 0.3) is 0 Å². The van der Waals surface area contributed by atoms with Crippen LogP contribution >= 0.6 is 15.9 Å². The maximum atomic E-state index is 5.97. The topological polar surface area (TPSA) is 51.4 Å². The summed E-state index contributed by atoms with van der Waals surface area (Å²) in [5.74, 6) is 1.28. The van der Waals surface area contributed by atoms with Crippen molar-refractivity contribution >= 4 is 27.4 Å². The fraction of sp³-hybridized carbons (Fsp3) is 0.214. The van der Waals surface area contributed by atoms with Gasteiger partial charge in [-0.2, -0.15) is 4.98 Å². The lowest BCUT2D eigenvalue weighted by Crippen LogP contribution is -2.19. The number of pyridine rings is 1. The summed E-state index contributed by atoms with van der Waals surface area (Å²) in [6.45, 7) is 0.714. The number of benzene rings is 1. The van der Waals surface area contributed by atoms with E-state index < -0.39 is 0 Å². The van der Waals surface area contributed by atoms with Gasteiger partial charge in [-0.1, -0.05) is 34.1 Å². The Morgan fingerprint density at radius 1 is 1.26 bits per heavy atom. The molecule has 100 valence electrons. The van der Waals surface area contributed by atoms with Crippen LogP contribution in [-0.4, -0.2) is 19.1 Å². The van der Waals surface area contributed by atoms with Crippen LogP contribution < -0.4 is 15.4 Å². The molecule has 2 N–H and O–H groups in total. The average molecular weight is 322 g/mol. The van der Waals surface area contributed by atoms with E-state index in [1.165, 1.54) is 5.56 Å². The van der Waals surface area contributed by atoms with Gasteiger partial charge >= 0.3 is 0 Å². The number of nitrogen functional groups attached to an aromatic ring is 1. The zero-order valence-electron chi connectivity index (χ0n) is 10.9. The van der Waals surface area contributed by atoms with E-state index >= 15 is 0 Å². The molecule has 0 aliphatic heterocycles. The highest BCUT2D eigenvalue weighted by molar-refractivity contribution is 9.10. The Balaban J connectivity index is 2.25. The van der Waals surface area contributed by atoms with Crippen LogP contribution in [0, 0.1) is 0 Å². The average Bonchev–Trinajstić information content (AvgIpc) is 2.42. The Morgan fingerprint density at radius 2 is 2.00 bits per heavy atom. The monoisotopic (exact) mass is 321 g/mol. The van der Waals surface area contributed by atoms with Crippen LogP contribution in [0.4, 0.5) is 11.5 Å². The summed E-state index contributed by atoms with van der Waals surface area (Å²) in [6.07, 6.45) is 0. The number of ether oxygens (including phenoxy) is 1. The molecule has 0 atom stereocenters. The molecule has 2 rings (SSSR count). The minimum absolute atomic E-state index is 0.558. The van der Waals surface area contributed by atoms with Crippen molar-refractivity contribution in [1.82, 2.24) is 4.98 Å². The Bertz CT molecular complexity index is 574. The number of aromatic nitrogens is 1. The van der Waals surface area contributed by atoms with Crippen LogP contribution in [0.1, 0.15) is 5.56 Å². The number of hydrogen-bond acceptors (Lipinski definition) is 4. The number of halogens is 1. The van der Waals surface area contributed by atoms with Gasteiger partial charge in [-0.3, -0.25) is 0 Å². The SMILES string of the molecule is COc1ccc(N)c(N(C)Cc2ccccc2Br)n1. The highest BCUT2D eigenvalue weighted by atomic mass is 79.9. The summed E-state index contributed by atoms with van der Waals surface area (Å²) in [6, 6.07) is 11.6. The van der Waals surface area contributed by atoms with E-state index in [9.17, 15) is 0 Å². The van der Waals surface area contributed by atoms with E-state index in [0.717, 1.165) is 10.3 Å². The Labute approximate surface area is 121 Å². The Hall–Kier alpha value is -1.75. The van der Waals surface area contributed by atoms with Crippen LogP contribution in [0.3, 0.4) is 0 Å². The molecule has 4 nitrogen and oxygen atoms in total. The third-order valence-corrected chi connectivity index (χ3v) is 3.59. The fourth-order valence-corrected chi connectivity index (χ4v) is 2.23. The lowest BCUT2D eigenvalue weighted by Gasteiger charge is -2.21. The van der Waals surface area contributed by atoms with E-state index in [2.05, 4.69) is 27.0 Å². The van der Waals surface area contributed by atoms with Crippen molar-refractivity contribution in [2.45, 2.75) is 6.54 Å². The van der Waals surface area contributed by atoms with Crippen LogP contribution in [-0.2, 0) is 6.54 Å². The number of nitrogens with zero attached hydrogens (tertiary/aromatic N) is 2. The second-order valence-electron chi connectivity index (χ2n) is 4.21. The van der Waals surface area contributed by atoms with Gasteiger partial charge in [-0.05, 0) is 17.7 Å². The molecule has 0 spiro atoms. The molecule has 0 unspecified atom stereocenters. The maximum absolute atomic E-state index is 5.97. The molecule has 0 amide bonds. The van der Waals surface area contributed by atoms with Crippen LogP contribution in [0.5, 0.6) is 5.88 Å². The summed E-state index contributed by atoms with van der Waals surface area (Å²) < 4.78 is 6.20. The summed E-state index contributed by atoms with van der Waals surface area (Å²) >= 11 is 3.54. The molecular weight excluding hydrogens is 306 g/mol. The predicted molar refractivity (Wildman–Crippen MR) is 81.5 cm³/mol. The predicted octanol–water partition coefficient (Wildman–Crippen LogP) is 3.07. The molecule has 0 saturated heterocycles. The molecule has 0 fully saturated rings. The fourth-order valence-electron chi connectivity index (χ4n) is 1.82. The van der Waals surface area contributed by atoms with Crippen LogP contribution in [0.15, 0.2) is 40.9 Å². The number of anilines is 2. The van der Waals surface area contributed by atoms with Crippen molar-refractivity contribution in [2.75, 3.05) is 24.8 Å². The first-order chi connectivity index (χ1) is 9.11. The number of rotatable bonds is 4. The van der Waals surface area contributed by atoms with E-state index in [-0.39, 0.29) is 0 Å². The van der Waals surface area contributed by atoms with Gasteiger partial charge in [0.25, 0.3) is 0 Å². The molecule has 1 aromatic carbocycles. The standard InChI is InChI=1S/C14H16BrN3O/c1-18(9-10-5-3-4-6-11(10)15)14-12(16)7-8-13(17-14)19-2/h3-8H,9,16H2,1-2H3. The third kappa shape index (κ3) is 3.17. The second kappa shape index (κ2) is 5.93. The molecule has 1 heterocycles. The first-order valence-corrected chi connectivity index (χ1v) is 6.66. The van der Waals surface area contributed by atoms with Crippen molar-refractivity contribution in [1.29, 1.82) is 0 Å². The molecule has 0 saturated carbocycles.